The average Bonchev–Trinajstić information content (AvgIpc) is 3.22. The Morgan fingerprint density at radius 1 is 1.21 bits per heavy atom. The Kier molecular flexibility index (Phi) is 6.44. The highest BCUT2D eigenvalue weighted by molar-refractivity contribution is 5.91. The Hall–Kier alpha value is -3.18. The molecule has 6 nitrogen and oxygen atoms in total. The number of rotatable bonds is 4. The number of nitrogens with one attached hydrogen (secondary N) is 1. The van der Waals surface area contributed by atoms with Crippen LogP contribution in [0.3, 0.4) is 0 Å². The predicted molar refractivity (Wildman–Crippen MR) is 92.0 cm³/mol. The Labute approximate surface area is 159 Å². The molecule has 0 bridgehead atoms. The van der Waals surface area contributed by atoms with Gasteiger partial charge in [0.1, 0.15) is 0 Å². The molecule has 29 heavy (non-hydrogen) atoms. The van der Waals surface area contributed by atoms with Gasteiger partial charge in [0, 0.05) is 29.8 Å². The third kappa shape index (κ3) is 6.16. The number of aryl methyl sites for hydroxylation is 2. The van der Waals surface area contributed by atoms with E-state index in [0.29, 0.717) is 18.7 Å². The van der Waals surface area contributed by atoms with Crippen LogP contribution in [-0.4, -0.2) is 32.0 Å². The minimum Gasteiger partial charge on any atom is -0.475 e. The van der Waals surface area contributed by atoms with E-state index >= 15 is 0 Å². The first-order valence-corrected chi connectivity index (χ1v) is 8.13. The Morgan fingerprint density at radius 2 is 1.86 bits per heavy atom. The predicted octanol–water partition coefficient (Wildman–Crippen LogP) is 4.23. The molecule has 12 heteroatoms. The van der Waals surface area contributed by atoms with Crippen molar-refractivity contribution in [2.24, 2.45) is 0 Å². The first-order valence-electron chi connectivity index (χ1n) is 8.13. The molecule has 0 amide bonds. The van der Waals surface area contributed by atoms with Gasteiger partial charge < -0.3 is 15.8 Å². The quantitative estimate of drug-likeness (QED) is 0.548. The van der Waals surface area contributed by atoms with E-state index in [0.717, 1.165) is 35.3 Å². The lowest BCUT2D eigenvalue weighted by Crippen LogP contribution is -2.21. The zero-order valence-corrected chi connectivity index (χ0v) is 14.7. The summed E-state index contributed by atoms with van der Waals surface area (Å²) in [5.41, 5.74) is 7.91. The van der Waals surface area contributed by atoms with Gasteiger partial charge in [-0.2, -0.15) is 31.4 Å². The van der Waals surface area contributed by atoms with E-state index < -0.39 is 23.9 Å². The van der Waals surface area contributed by atoms with Gasteiger partial charge in [-0.15, -0.1) is 0 Å². The largest absolute Gasteiger partial charge is 0.490 e. The van der Waals surface area contributed by atoms with Crippen molar-refractivity contribution in [2.45, 2.75) is 31.7 Å². The average molecular weight is 422 g/mol. The van der Waals surface area contributed by atoms with Crippen LogP contribution in [0.2, 0.25) is 0 Å². The van der Waals surface area contributed by atoms with Crippen LogP contribution in [-0.2, 0) is 23.9 Å². The van der Waals surface area contributed by atoms with Crippen LogP contribution >= 0.6 is 0 Å². The van der Waals surface area contributed by atoms with Gasteiger partial charge >= 0.3 is 18.3 Å². The smallest absolute Gasteiger partial charge is 0.475 e. The van der Waals surface area contributed by atoms with Crippen molar-refractivity contribution in [3.8, 4) is 0 Å². The first-order chi connectivity index (χ1) is 13.4. The maximum atomic E-state index is 12.5. The Bertz CT molecular complexity index is 974. The molecule has 0 atom stereocenters. The molecule has 3 rings (SSSR count). The third-order valence-electron chi connectivity index (χ3n) is 3.83. The van der Waals surface area contributed by atoms with Gasteiger partial charge in [0.25, 0.3) is 0 Å². The van der Waals surface area contributed by atoms with Crippen LogP contribution in [0.15, 0.2) is 36.8 Å². The SMILES string of the molecule is Nc1c[nH]c2ccc(CCCn3cc(C(F)(F)F)cn3)cc12.O=C(O)C(F)(F)F. The van der Waals surface area contributed by atoms with E-state index in [4.69, 9.17) is 15.6 Å². The van der Waals surface area contributed by atoms with Crippen molar-refractivity contribution >= 4 is 22.6 Å². The number of carboxylic acid groups (broad SMARTS) is 1. The number of carbonyl (C=O) groups is 1. The summed E-state index contributed by atoms with van der Waals surface area (Å²) >= 11 is 0. The van der Waals surface area contributed by atoms with Crippen LogP contribution in [0.4, 0.5) is 32.0 Å². The molecule has 0 aliphatic heterocycles. The van der Waals surface area contributed by atoms with Crippen LogP contribution < -0.4 is 5.73 Å². The molecular formula is C17H16F6N4O2. The number of nitrogen functional groups attached to an aromatic ring is 1. The minimum absolute atomic E-state index is 0.441. The number of aromatic nitrogens is 3. The zero-order valence-electron chi connectivity index (χ0n) is 14.7. The van der Waals surface area contributed by atoms with Crippen LogP contribution in [0, 0.1) is 0 Å². The van der Waals surface area contributed by atoms with Crippen LogP contribution in [0.25, 0.3) is 10.9 Å². The van der Waals surface area contributed by atoms with Gasteiger partial charge in [0.05, 0.1) is 17.4 Å². The molecule has 0 radical (unpaired) electrons. The minimum atomic E-state index is -5.08. The molecule has 3 aromatic rings. The molecule has 158 valence electrons. The Morgan fingerprint density at radius 3 is 2.41 bits per heavy atom. The second kappa shape index (κ2) is 8.45. The standard InChI is InChI=1S/C15H15F3N4.C2HF3O2/c16-15(17,18)11-7-21-22(9-11)5-1-2-10-3-4-14-12(6-10)13(19)8-20-14;3-2(4,5)1(6)7/h3-4,6-9,20H,1-2,5,19H2;(H,6,7). The van der Waals surface area contributed by atoms with Gasteiger partial charge in [0.2, 0.25) is 0 Å². The van der Waals surface area contributed by atoms with Crippen molar-refractivity contribution in [2.75, 3.05) is 5.73 Å². The molecule has 2 aromatic heterocycles. The summed E-state index contributed by atoms with van der Waals surface area (Å²) in [7, 11) is 0. The van der Waals surface area contributed by atoms with E-state index in [1.165, 1.54) is 4.68 Å². The fourth-order valence-corrected chi connectivity index (χ4v) is 2.42. The number of alkyl halides is 6. The lowest BCUT2D eigenvalue weighted by Gasteiger charge is -2.04. The number of nitrogens with two attached hydrogens (primary N) is 1. The van der Waals surface area contributed by atoms with E-state index in [1.54, 1.807) is 6.20 Å². The molecule has 4 N–H and O–H groups in total. The number of anilines is 1. The molecule has 2 heterocycles. The molecule has 0 aliphatic rings. The summed E-state index contributed by atoms with van der Waals surface area (Å²) in [6.07, 6.45) is -4.33. The summed E-state index contributed by atoms with van der Waals surface area (Å²) in [5, 5.41) is 11.8. The number of carboxylic acids is 1. The maximum absolute atomic E-state index is 12.5. The van der Waals surface area contributed by atoms with E-state index in [2.05, 4.69) is 10.1 Å². The molecular weight excluding hydrogens is 406 g/mol. The second-order valence-electron chi connectivity index (χ2n) is 6.02. The number of benzene rings is 1. The molecule has 0 saturated carbocycles. The van der Waals surface area contributed by atoms with Crippen molar-refractivity contribution in [3.05, 3.63) is 47.9 Å². The van der Waals surface area contributed by atoms with E-state index in [-0.39, 0.29) is 0 Å². The number of hydrogen-bond donors (Lipinski definition) is 3. The monoisotopic (exact) mass is 422 g/mol. The summed E-state index contributed by atoms with van der Waals surface area (Å²) in [4.78, 5) is 12.0. The fraction of sp³-hybridized carbons (Fsp3) is 0.294. The summed E-state index contributed by atoms with van der Waals surface area (Å²) in [6, 6.07) is 5.95. The lowest BCUT2D eigenvalue weighted by molar-refractivity contribution is -0.192. The number of hydrogen-bond acceptors (Lipinski definition) is 3. The van der Waals surface area contributed by atoms with Crippen molar-refractivity contribution in [1.82, 2.24) is 14.8 Å². The van der Waals surface area contributed by atoms with E-state index in [9.17, 15) is 26.3 Å². The van der Waals surface area contributed by atoms with Gasteiger partial charge in [-0.25, -0.2) is 4.79 Å². The highest BCUT2D eigenvalue weighted by atomic mass is 19.4. The molecule has 0 saturated heterocycles. The molecule has 1 aromatic carbocycles. The molecule has 0 fully saturated rings. The van der Waals surface area contributed by atoms with Crippen LogP contribution in [0.5, 0.6) is 0 Å². The molecule has 0 spiro atoms. The van der Waals surface area contributed by atoms with Gasteiger partial charge in [-0.05, 0) is 30.5 Å². The first kappa shape index (κ1) is 22.1. The topological polar surface area (TPSA) is 96.9 Å². The van der Waals surface area contributed by atoms with Gasteiger partial charge in [0.15, 0.2) is 0 Å². The highest BCUT2D eigenvalue weighted by Crippen LogP contribution is 2.28. The third-order valence-corrected chi connectivity index (χ3v) is 3.83. The zero-order chi connectivity index (χ0) is 21.8. The van der Waals surface area contributed by atoms with Crippen LogP contribution in [0.1, 0.15) is 17.5 Å². The molecule has 0 unspecified atom stereocenters. The normalized spacial score (nSPS) is 11.9. The summed E-state index contributed by atoms with van der Waals surface area (Å²) in [6.45, 7) is 0.441. The fourth-order valence-electron chi connectivity index (χ4n) is 2.42. The summed E-state index contributed by atoms with van der Waals surface area (Å²) in [5.74, 6) is -2.76. The number of aliphatic carboxylic acids is 1. The van der Waals surface area contributed by atoms with E-state index in [1.807, 2.05) is 18.2 Å². The van der Waals surface area contributed by atoms with Crippen molar-refractivity contribution in [1.29, 1.82) is 0 Å². The maximum Gasteiger partial charge on any atom is 0.490 e. The highest BCUT2D eigenvalue weighted by Gasteiger charge is 2.38. The number of halogens is 6. The lowest BCUT2D eigenvalue weighted by atomic mass is 10.1. The number of nitrogens with zero attached hydrogens (tertiary/aromatic N) is 2. The van der Waals surface area contributed by atoms with Crippen molar-refractivity contribution in [3.63, 3.8) is 0 Å². The number of fused-ring (bicyclic) bond motifs is 1. The van der Waals surface area contributed by atoms with Gasteiger partial charge in [-0.3, -0.25) is 4.68 Å². The second-order valence-corrected chi connectivity index (χ2v) is 6.02. The van der Waals surface area contributed by atoms with Crippen molar-refractivity contribution < 1.29 is 36.2 Å². The summed E-state index contributed by atoms with van der Waals surface area (Å²) < 4.78 is 70.5. The Balaban J connectivity index is 0.000000370. The molecule has 0 aliphatic carbocycles. The van der Waals surface area contributed by atoms with Gasteiger partial charge in [-0.1, -0.05) is 6.07 Å². The number of H-pyrrole nitrogens is 1. The number of aromatic amines is 1.